The largest absolute Gasteiger partial charge is 0.573 e. The summed E-state index contributed by atoms with van der Waals surface area (Å²) < 4.78 is 42.3. The summed E-state index contributed by atoms with van der Waals surface area (Å²) >= 11 is 0. The molecule has 0 aliphatic carbocycles. The van der Waals surface area contributed by atoms with Crippen molar-refractivity contribution in [1.29, 1.82) is 0 Å². The van der Waals surface area contributed by atoms with E-state index in [1.54, 1.807) is 0 Å². The van der Waals surface area contributed by atoms with Gasteiger partial charge in [-0.05, 0) is 31.2 Å². The van der Waals surface area contributed by atoms with Crippen molar-refractivity contribution in [2.45, 2.75) is 13.3 Å². The number of aliphatic hydroxyl groups excluding tert-OH is 1. The van der Waals surface area contributed by atoms with Gasteiger partial charge in [-0.25, -0.2) is 0 Å². The number of nitrogens with zero attached hydrogens (tertiary/aromatic N) is 3. The van der Waals surface area contributed by atoms with E-state index >= 15 is 0 Å². The lowest BCUT2D eigenvalue weighted by atomic mass is 10.1. The van der Waals surface area contributed by atoms with Gasteiger partial charge in [0.1, 0.15) is 5.75 Å². The molecule has 0 aliphatic rings. The van der Waals surface area contributed by atoms with Crippen LogP contribution in [0.1, 0.15) is 5.56 Å². The second kappa shape index (κ2) is 7.67. The maximum Gasteiger partial charge on any atom is 0.573 e. The molecule has 3 rings (SSSR count). The van der Waals surface area contributed by atoms with Crippen LogP contribution in [0, 0.1) is 6.92 Å². The summed E-state index contributed by atoms with van der Waals surface area (Å²) in [5.74, 6) is 0.491. The molecule has 6 nitrogen and oxygen atoms in total. The minimum Gasteiger partial charge on any atom is -0.406 e. The lowest BCUT2D eigenvalue weighted by Gasteiger charge is -2.10. The third kappa shape index (κ3) is 4.76. The first kappa shape index (κ1) is 18.7. The monoisotopic (exact) mass is 378 g/mol. The highest BCUT2D eigenvalue weighted by atomic mass is 19.4. The van der Waals surface area contributed by atoms with E-state index in [0.717, 1.165) is 11.1 Å². The zero-order valence-electron chi connectivity index (χ0n) is 14.4. The summed E-state index contributed by atoms with van der Waals surface area (Å²) in [6, 6.07) is 12.9. The summed E-state index contributed by atoms with van der Waals surface area (Å²) in [4.78, 5) is 4.42. The van der Waals surface area contributed by atoms with Crippen molar-refractivity contribution in [3.8, 4) is 22.8 Å². The van der Waals surface area contributed by atoms with Crippen LogP contribution >= 0.6 is 0 Å². The Kier molecular flexibility index (Phi) is 5.31. The predicted octanol–water partition coefficient (Wildman–Crippen LogP) is 3.55. The maximum atomic E-state index is 12.3. The molecule has 0 saturated carbocycles. The molecule has 1 aromatic heterocycles. The number of benzene rings is 2. The fourth-order valence-electron chi connectivity index (χ4n) is 2.39. The van der Waals surface area contributed by atoms with E-state index in [-0.39, 0.29) is 18.9 Å². The number of nitrogens with one attached hydrogen (secondary N) is 1. The summed E-state index contributed by atoms with van der Waals surface area (Å²) in [7, 11) is 0. The highest BCUT2D eigenvalue weighted by molar-refractivity contribution is 5.58. The lowest BCUT2D eigenvalue weighted by molar-refractivity contribution is -0.274. The second-order valence-electron chi connectivity index (χ2n) is 5.73. The predicted molar refractivity (Wildman–Crippen MR) is 93.8 cm³/mol. The van der Waals surface area contributed by atoms with Gasteiger partial charge in [-0.1, -0.05) is 29.8 Å². The number of hydrogen-bond acceptors (Lipinski definition) is 5. The Labute approximate surface area is 153 Å². The molecule has 0 spiro atoms. The van der Waals surface area contributed by atoms with E-state index in [1.165, 1.54) is 28.9 Å². The van der Waals surface area contributed by atoms with Crippen LogP contribution in [0.15, 0.2) is 48.5 Å². The summed E-state index contributed by atoms with van der Waals surface area (Å²) in [5.41, 5.74) is 2.39. The molecule has 0 atom stereocenters. The van der Waals surface area contributed by atoms with E-state index in [9.17, 15) is 13.2 Å². The Hall–Kier alpha value is -3.07. The molecule has 0 aliphatic heterocycles. The van der Waals surface area contributed by atoms with Crippen molar-refractivity contribution in [2.24, 2.45) is 0 Å². The van der Waals surface area contributed by atoms with Gasteiger partial charge in [0.2, 0.25) is 5.95 Å². The Morgan fingerprint density at radius 3 is 2.33 bits per heavy atom. The molecule has 0 unspecified atom stereocenters. The van der Waals surface area contributed by atoms with E-state index in [1.807, 2.05) is 31.2 Å². The first-order valence-electron chi connectivity index (χ1n) is 8.11. The number of aliphatic hydroxyl groups is 1. The molecule has 142 valence electrons. The molecule has 0 fully saturated rings. The smallest absolute Gasteiger partial charge is 0.406 e. The first-order chi connectivity index (χ1) is 12.9. The minimum absolute atomic E-state index is 0.106. The zero-order chi connectivity index (χ0) is 19.4. The van der Waals surface area contributed by atoms with Crippen LogP contribution in [0.5, 0.6) is 5.75 Å². The molecule has 27 heavy (non-hydrogen) atoms. The van der Waals surface area contributed by atoms with Gasteiger partial charge in [0.05, 0.1) is 12.3 Å². The molecule has 0 bridgehead atoms. The second-order valence-corrected chi connectivity index (χ2v) is 5.73. The normalized spacial score (nSPS) is 11.4. The Bertz CT molecular complexity index is 890. The molecule has 0 amide bonds. The summed E-state index contributed by atoms with van der Waals surface area (Å²) in [6.07, 6.45) is -4.75. The number of aromatic nitrogens is 3. The van der Waals surface area contributed by atoms with Crippen LogP contribution in [-0.2, 0) is 0 Å². The number of alkyl halides is 3. The highest BCUT2D eigenvalue weighted by Crippen LogP contribution is 2.26. The van der Waals surface area contributed by atoms with Crippen molar-refractivity contribution < 1.29 is 23.0 Å². The topological polar surface area (TPSA) is 72.2 Å². The van der Waals surface area contributed by atoms with Gasteiger partial charge >= 0.3 is 6.36 Å². The number of ether oxygens (including phenoxy) is 1. The van der Waals surface area contributed by atoms with E-state index in [4.69, 9.17) is 5.11 Å². The molecule has 9 heteroatoms. The van der Waals surface area contributed by atoms with Crippen LogP contribution in [0.25, 0.3) is 17.1 Å². The van der Waals surface area contributed by atoms with Gasteiger partial charge < -0.3 is 15.2 Å². The Morgan fingerprint density at radius 2 is 1.74 bits per heavy atom. The first-order valence-corrected chi connectivity index (χ1v) is 8.11. The van der Waals surface area contributed by atoms with E-state index in [0.29, 0.717) is 17.5 Å². The van der Waals surface area contributed by atoms with Gasteiger partial charge in [0, 0.05) is 12.1 Å². The van der Waals surface area contributed by atoms with Crippen molar-refractivity contribution in [3.63, 3.8) is 0 Å². The van der Waals surface area contributed by atoms with Crippen LogP contribution in [0.4, 0.5) is 19.1 Å². The van der Waals surface area contributed by atoms with Gasteiger partial charge in [-0.2, -0.15) is 9.67 Å². The SMILES string of the molecule is Cc1ccc(-c2nc(NCCO)n(-c3ccc(OC(F)(F)F)cc3)n2)cc1. The molecule has 1 heterocycles. The van der Waals surface area contributed by atoms with Crippen molar-refractivity contribution in [2.75, 3.05) is 18.5 Å². The summed E-state index contributed by atoms with van der Waals surface area (Å²) in [5, 5.41) is 16.4. The van der Waals surface area contributed by atoms with E-state index in [2.05, 4.69) is 20.1 Å². The van der Waals surface area contributed by atoms with Crippen LogP contribution in [0.2, 0.25) is 0 Å². The molecular weight excluding hydrogens is 361 g/mol. The average molecular weight is 378 g/mol. The fraction of sp³-hybridized carbons (Fsp3) is 0.222. The van der Waals surface area contributed by atoms with Gasteiger partial charge in [-0.3, -0.25) is 0 Å². The van der Waals surface area contributed by atoms with Crippen molar-refractivity contribution in [3.05, 3.63) is 54.1 Å². The average Bonchev–Trinajstić information content (AvgIpc) is 3.04. The van der Waals surface area contributed by atoms with E-state index < -0.39 is 6.36 Å². The third-order valence-corrected chi connectivity index (χ3v) is 3.63. The quantitative estimate of drug-likeness (QED) is 0.686. The maximum absolute atomic E-state index is 12.3. The molecular formula is C18H17F3N4O2. The third-order valence-electron chi connectivity index (χ3n) is 3.63. The number of rotatable bonds is 6. The molecule has 3 aromatic rings. The fourth-order valence-corrected chi connectivity index (χ4v) is 2.39. The Morgan fingerprint density at radius 1 is 1.07 bits per heavy atom. The molecule has 0 saturated heterocycles. The van der Waals surface area contributed by atoms with Crippen molar-refractivity contribution >= 4 is 5.95 Å². The minimum atomic E-state index is -4.75. The summed E-state index contributed by atoms with van der Waals surface area (Å²) in [6.45, 7) is 2.11. The van der Waals surface area contributed by atoms with Crippen LogP contribution < -0.4 is 10.1 Å². The van der Waals surface area contributed by atoms with Gasteiger partial charge in [-0.15, -0.1) is 18.3 Å². The molecule has 2 aromatic carbocycles. The highest BCUT2D eigenvalue weighted by Gasteiger charge is 2.31. The number of anilines is 1. The molecule has 2 N–H and O–H groups in total. The number of hydrogen-bond donors (Lipinski definition) is 2. The van der Waals surface area contributed by atoms with Crippen LogP contribution in [-0.4, -0.2) is 39.4 Å². The number of aryl methyl sites for hydroxylation is 1. The van der Waals surface area contributed by atoms with Gasteiger partial charge in [0.15, 0.2) is 5.82 Å². The van der Waals surface area contributed by atoms with Gasteiger partial charge in [0.25, 0.3) is 0 Å². The Balaban J connectivity index is 1.94. The van der Waals surface area contributed by atoms with Crippen LogP contribution in [0.3, 0.4) is 0 Å². The zero-order valence-corrected chi connectivity index (χ0v) is 14.4. The molecule has 0 radical (unpaired) electrons. The van der Waals surface area contributed by atoms with Crippen molar-refractivity contribution in [1.82, 2.24) is 14.8 Å². The number of halogens is 3. The lowest BCUT2D eigenvalue weighted by Crippen LogP contribution is -2.17. The standard InChI is InChI=1S/C18H17F3N4O2/c1-12-2-4-13(5-3-12)16-23-17(22-10-11-26)25(24-16)14-6-8-15(9-7-14)27-18(19,20)21/h2-9,26H,10-11H2,1H3,(H,22,23,24).